The molecule has 1 aliphatic heterocycles. The molecule has 0 radical (unpaired) electrons. The van der Waals surface area contributed by atoms with Crippen LogP contribution in [-0.2, 0) is 11.3 Å². The van der Waals surface area contributed by atoms with Crippen LogP contribution in [0.3, 0.4) is 0 Å². The number of ether oxygens (including phenoxy) is 1. The number of carbonyl (C=O) groups excluding carboxylic acids is 1. The third kappa shape index (κ3) is 2.02. The van der Waals surface area contributed by atoms with Crippen molar-refractivity contribution in [2.24, 2.45) is 0 Å². The fourth-order valence-corrected chi connectivity index (χ4v) is 1.98. The number of rotatable bonds is 4. The average Bonchev–Trinajstić information content (AvgIpc) is 2.56. The fourth-order valence-electron chi connectivity index (χ4n) is 1.98. The summed E-state index contributed by atoms with van der Waals surface area (Å²) in [6, 6.07) is 5.46. The van der Waals surface area contributed by atoms with E-state index in [9.17, 15) is 4.79 Å². The monoisotopic (exact) mass is 220 g/mol. The lowest BCUT2D eigenvalue weighted by molar-refractivity contribution is 0.0760. The van der Waals surface area contributed by atoms with Crippen molar-refractivity contribution < 1.29 is 9.53 Å². The van der Waals surface area contributed by atoms with Gasteiger partial charge in [-0.1, -0.05) is 0 Å². The number of amides is 1. The molecule has 0 aromatic heterocycles. The summed E-state index contributed by atoms with van der Waals surface area (Å²) in [4.78, 5) is 13.8. The summed E-state index contributed by atoms with van der Waals surface area (Å²) in [5.74, 6) is 0.103. The number of carbonyl (C=O) groups is 1. The maximum atomic E-state index is 11.9. The Kier molecular flexibility index (Phi) is 3.10. The molecule has 2 rings (SSSR count). The number of hydrogen-bond acceptors (Lipinski definition) is 3. The van der Waals surface area contributed by atoms with Gasteiger partial charge in [-0.3, -0.25) is 4.79 Å². The molecule has 0 fully saturated rings. The Hall–Kier alpha value is -1.55. The highest BCUT2D eigenvalue weighted by molar-refractivity contribution is 5.98. The van der Waals surface area contributed by atoms with E-state index in [0.717, 1.165) is 24.1 Å². The number of nitrogen functional groups attached to an aromatic ring is 1. The van der Waals surface area contributed by atoms with Crippen LogP contribution in [0.2, 0.25) is 0 Å². The molecule has 4 heteroatoms. The lowest BCUT2D eigenvalue weighted by atomic mass is 10.1. The van der Waals surface area contributed by atoms with E-state index in [1.165, 1.54) is 0 Å². The van der Waals surface area contributed by atoms with Gasteiger partial charge < -0.3 is 15.4 Å². The molecular formula is C12H16N2O2. The largest absolute Gasteiger partial charge is 0.399 e. The Labute approximate surface area is 95.0 Å². The van der Waals surface area contributed by atoms with Crippen molar-refractivity contribution in [3.05, 3.63) is 29.3 Å². The van der Waals surface area contributed by atoms with Gasteiger partial charge in [0.1, 0.15) is 0 Å². The lowest BCUT2D eigenvalue weighted by Crippen LogP contribution is -2.25. The van der Waals surface area contributed by atoms with E-state index in [4.69, 9.17) is 10.5 Å². The Morgan fingerprint density at radius 2 is 2.31 bits per heavy atom. The smallest absolute Gasteiger partial charge is 0.254 e. The van der Waals surface area contributed by atoms with Crippen LogP contribution >= 0.6 is 0 Å². The highest BCUT2D eigenvalue weighted by Crippen LogP contribution is 2.24. The molecule has 2 N–H and O–H groups in total. The second-order valence-corrected chi connectivity index (χ2v) is 3.99. The SMILES string of the molecule is COCCCN1Cc2cc(N)ccc2C1=O. The minimum Gasteiger partial charge on any atom is -0.399 e. The molecule has 1 aromatic rings. The normalized spacial score (nSPS) is 14.3. The van der Waals surface area contributed by atoms with Gasteiger partial charge in [-0.25, -0.2) is 0 Å². The van der Waals surface area contributed by atoms with Gasteiger partial charge >= 0.3 is 0 Å². The van der Waals surface area contributed by atoms with Crippen LogP contribution in [0.25, 0.3) is 0 Å². The van der Waals surface area contributed by atoms with E-state index in [-0.39, 0.29) is 5.91 Å². The lowest BCUT2D eigenvalue weighted by Gasteiger charge is -2.14. The van der Waals surface area contributed by atoms with E-state index < -0.39 is 0 Å². The Morgan fingerprint density at radius 1 is 1.50 bits per heavy atom. The number of nitrogens with two attached hydrogens (primary N) is 1. The Balaban J connectivity index is 2.06. The molecule has 1 aromatic carbocycles. The molecule has 0 saturated heterocycles. The van der Waals surface area contributed by atoms with Gasteiger partial charge in [0.2, 0.25) is 0 Å². The first-order valence-corrected chi connectivity index (χ1v) is 5.39. The molecule has 0 saturated carbocycles. The number of hydrogen-bond donors (Lipinski definition) is 1. The van der Waals surface area contributed by atoms with Gasteiger partial charge in [0.05, 0.1) is 0 Å². The van der Waals surface area contributed by atoms with Crippen molar-refractivity contribution in [3.63, 3.8) is 0 Å². The zero-order valence-electron chi connectivity index (χ0n) is 9.40. The summed E-state index contributed by atoms with van der Waals surface area (Å²) >= 11 is 0. The second-order valence-electron chi connectivity index (χ2n) is 3.99. The number of methoxy groups -OCH3 is 1. The summed E-state index contributed by atoms with van der Waals surface area (Å²) in [5.41, 5.74) is 8.22. The molecule has 1 aliphatic rings. The highest BCUT2D eigenvalue weighted by Gasteiger charge is 2.26. The first-order chi connectivity index (χ1) is 7.72. The van der Waals surface area contributed by atoms with E-state index >= 15 is 0 Å². The minimum absolute atomic E-state index is 0.103. The van der Waals surface area contributed by atoms with Crippen LogP contribution in [-0.4, -0.2) is 31.1 Å². The van der Waals surface area contributed by atoms with Crippen molar-refractivity contribution in [1.82, 2.24) is 4.90 Å². The van der Waals surface area contributed by atoms with E-state index in [1.807, 2.05) is 17.0 Å². The summed E-state index contributed by atoms with van der Waals surface area (Å²) in [7, 11) is 1.67. The molecule has 86 valence electrons. The van der Waals surface area contributed by atoms with Gasteiger partial charge in [0.15, 0.2) is 0 Å². The summed E-state index contributed by atoms with van der Waals surface area (Å²) in [5, 5.41) is 0. The molecule has 0 unspecified atom stereocenters. The summed E-state index contributed by atoms with van der Waals surface area (Å²) < 4.78 is 4.98. The van der Waals surface area contributed by atoms with Gasteiger partial charge in [0.25, 0.3) is 5.91 Å². The minimum atomic E-state index is 0.103. The Bertz CT molecular complexity index is 404. The van der Waals surface area contributed by atoms with Crippen LogP contribution in [0.5, 0.6) is 0 Å². The summed E-state index contributed by atoms with van der Waals surface area (Å²) in [6.45, 7) is 2.09. The molecule has 0 spiro atoms. The highest BCUT2D eigenvalue weighted by atomic mass is 16.5. The maximum absolute atomic E-state index is 11.9. The van der Waals surface area contributed by atoms with Gasteiger partial charge in [-0.05, 0) is 30.2 Å². The van der Waals surface area contributed by atoms with Crippen LogP contribution < -0.4 is 5.73 Å². The van der Waals surface area contributed by atoms with E-state index in [1.54, 1.807) is 13.2 Å². The number of benzene rings is 1. The molecule has 4 nitrogen and oxygen atoms in total. The second kappa shape index (κ2) is 4.53. The van der Waals surface area contributed by atoms with E-state index in [2.05, 4.69) is 0 Å². The van der Waals surface area contributed by atoms with Crippen molar-refractivity contribution in [2.45, 2.75) is 13.0 Å². The predicted molar refractivity (Wildman–Crippen MR) is 62.1 cm³/mol. The van der Waals surface area contributed by atoms with Crippen LogP contribution in [0.15, 0.2) is 18.2 Å². The van der Waals surface area contributed by atoms with Crippen LogP contribution in [0.1, 0.15) is 22.3 Å². The summed E-state index contributed by atoms with van der Waals surface area (Å²) in [6.07, 6.45) is 0.867. The zero-order valence-corrected chi connectivity index (χ0v) is 9.40. The molecule has 1 heterocycles. The molecule has 0 aliphatic carbocycles. The molecule has 0 atom stereocenters. The molecular weight excluding hydrogens is 204 g/mol. The van der Waals surface area contributed by atoms with Crippen LogP contribution in [0, 0.1) is 0 Å². The van der Waals surface area contributed by atoms with Crippen molar-refractivity contribution in [2.75, 3.05) is 26.0 Å². The third-order valence-electron chi connectivity index (χ3n) is 2.78. The van der Waals surface area contributed by atoms with Gasteiger partial charge in [0, 0.05) is 38.1 Å². The zero-order chi connectivity index (χ0) is 11.5. The first-order valence-electron chi connectivity index (χ1n) is 5.39. The van der Waals surface area contributed by atoms with Gasteiger partial charge in [-0.2, -0.15) is 0 Å². The van der Waals surface area contributed by atoms with Gasteiger partial charge in [-0.15, -0.1) is 0 Å². The standard InChI is InChI=1S/C12H16N2O2/c1-16-6-2-5-14-8-9-7-10(13)3-4-11(9)12(14)15/h3-4,7H,2,5-6,8,13H2,1H3. The predicted octanol–water partition coefficient (Wildman–Crippen LogP) is 1.26. The van der Waals surface area contributed by atoms with Crippen molar-refractivity contribution in [3.8, 4) is 0 Å². The maximum Gasteiger partial charge on any atom is 0.254 e. The van der Waals surface area contributed by atoms with Crippen LogP contribution in [0.4, 0.5) is 5.69 Å². The molecule has 0 bridgehead atoms. The first kappa shape index (κ1) is 11.0. The quantitative estimate of drug-likeness (QED) is 0.614. The Morgan fingerprint density at radius 3 is 3.06 bits per heavy atom. The molecule has 1 amide bonds. The number of fused-ring (bicyclic) bond motifs is 1. The average molecular weight is 220 g/mol. The van der Waals surface area contributed by atoms with Crippen molar-refractivity contribution >= 4 is 11.6 Å². The van der Waals surface area contributed by atoms with E-state index in [0.29, 0.717) is 18.8 Å². The molecule has 16 heavy (non-hydrogen) atoms. The fraction of sp³-hybridized carbons (Fsp3) is 0.417. The number of anilines is 1. The van der Waals surface area contributed by atoms with Crippen molar-refractivity contribution in [1.29, 1.82) is 0 Å². The number of nitrogens with zero attached hydrogens (tertiary/aromatic N) is 1. The topological polar surface area (TPSA) is 55.6 Å². The third-order valence-corrected chi connectivity index (χ3v) is 2.78.